The number of thioether (sulfide) groups is 1. The smallest absolute Gasteiger partial charge is 0.327 e. The molecule has 0 aliphatic rings. The highest BCUT2D eigenvalue weighted by Crippen LogP contribution is 2.03. The average molecular weight is 439 g/mol. The summed E-state index contributed by atoms with van der Waals surface area (Å²) in [7, 11) is 0. The van der Waals surface area contributed by atoms with Crippen molar-refractivity contribution in [1.82, 2.24) is 5.32 Å². The van der Waals surface area contributed by atoms with Gasteiger partial charge in [0, 0.05) is 18.8 Å². The molecule has 0 aromatic carbocycles. The number of hydrogen-bond donors (Lipinski definition) is 3. The molecular formula is C18H34N2O8S. The molecule has 0 aliphatic heterocycles. The largest absolute Gasteiger partial charge is 0.480 e. The molecule has 0 radical (unpaired) electrons. The highest BCUT2D eigenvalue weighted by atomic mass is 32.2. The lowest BCUT2D eigenvalue weighted by atomic mass is 10.3. The summed E-state index contributed by atoms with van der Waals surface area (Å²) >= 11 is 1.05. The number of carboxylic acids is 1. The number of amides is 2. The topological polar surface area (TPSA) is 146 Å². The Balaban J connectivity index is 3.51. The van der Waals surface area contributed by atoms with Gasteiger partial charge in [-0.05, 0) is 6.42 Å². The minimum atomic E-state index is -1.17. The average Bonchev–Trinajstić information content (AvgIpc) is 2.67. The number of nitrogens with two attached hydrogens (primary N) is 1. The molecule has 29 heavy (non-hydrogen) atoms. The van der Waals surface area contributed by atoms with Crippen LogP contribution in [0, 0.1) is 0 Å². The van der Waals surface area contributed by atoms with Gasteiger partial charge in [-0.2, -0.15) is 0 Å². The Labute approximate surface area is 176 Å². The van der Waals surface area contributed by atoms with Crippen molar-refractivity contribution in [1.29, 1.82) is 0 Å². The van der Waals surface area contributed by atoms with Gasteiger partial charge in [0.15, 0.2) is 0 Å². The number of carbonyl (C=O) groups excluding carboxylic acids is 2. The van der Waals surface area contributed by atoms with E-state index in [1.165, 1.54) is 0 Å². The third kappa shape index (κ3) is 19.7. The minimum Gasteiger partial charge on any atom is -0.480 e. The highest BCUT2D eigenvalue weighted by Gasteiger charge is 2.19. The molecule has 0 aromatic heterocycles. The number of primary amides is 1. The quantitative estimate of drug-likeness (QED) is 0.211. The number of nitrogens with one attached hydrogen (secondary N) is 1. The third-order valence-electron chi connectivity index (χ3n) is 3.39. The monoisotopic (exact) mass is 438 g/mol. The lowest BCUT2D eigenvalue weighted by Gasteiger charge is -2.14. The Morgan fingerprint density at radius 1 is 0.931 bits per heavy atom. The van der Waals surface area contributed by atoms with Gasteiger partial charge >= 0.3 is 5.97 Å². The summed E-state index contributed by atoms with van der Waals surface area (Å²) in [6.07, 6.45) is 2.20. The Morgan fingerprint density at radius 2 is 1.45 bits per heavy atom. The van der Waals surface area contributed by atoms with Crippen LogP contribution >= 0.6 is 11.8 Å². The van der Waals surface area contributed by atoms with E-state index < -0.39 is 23.8 Å². The maximum atomic E-state index is 11.8. The predicted molar refractivity (Wildman–Crippen MR) is 109 cm³/mol. The number of unbranched alkanes of at least 4 members (excludes halogenated alkanes) is 1. The minimum absolute atomic E-state index is 0.000534. The molecule has 0 aliphatic carbocycles. The molecule has 0 saturated heterocycles. The van der Waals surface area contributed by atoms with E-state index in [1.54, 1.807) is 0 Å². The van der Waals surface area contributed by atoms with E-state index in [0.29, 0.717) is 39.6 Å². The molecule has 170 valence electrons. The van der Waals surface area contributed by atoms with Crippen LogP contribution in [0.5, 0.6) is 0 Å². The molecule has 4 N–H and O–H groups in total. The first-order chi connectivity index (χ1) is 14.0. The van der Waals surface area contributed by atoms with Crippen LogP contribution in [0.4, 0.5) is 0 Å². The molecule has 11 heteroatoms. The van der Waals surface area contributed by atoms with E-state index in [-0.39, 0.29) is 24.5 Å². The van der Waals surface area contributed by atoms with E-state index >= 15 is 0 Å². The first-order valence-corrected chi connectivity index (χ1v) is 10.8. The van der Waals surface area contributed by atoms with Gasteiger partial charge in [0.2, 0.25) is 11.8 Å². The second-order valence-corrected chi connectivity index (χ2v) is 7.02. The molecule has 1 atom stereocenters. The number of aliphatic carboxylic acids is 1. The van der Waals surface area contributed by atoms with Crippen LogP contribution in [-0.2, 0) is 33.3 Å². The number of carbonyl (C=O) groups is 3. The Morgan fingerprint density at radius 3 is 1.93 bits per heavy atom. The van der Waals surface area contributed by atoms with Crippen LogP contribution in [-0.4, -0.2) is 93.3 Å². The normalized spacial score (nSPS) is 11.9. The molecule has 0 spiro atoms. The second kappa shape index (κ2) is 19.9. The number of rotatable bonds is 21. The van der Waals surface area contributed by atoms with Gasteiger partial charge in [0.25, 0.3) is 0 Å². The van der Waals surface area contributed by atoms with Crippen molar-refractivity contribution in [2.24, 2.45) is 5.73 Å². The summed E-state index contributed by atoms with van der Waals surface area (Å²) < 4.78 is 21.3. The molecular weight excluding hydrogens is 404 g/mol. The van der Waals surface area contributed by atoms with Crippen molar-refractivity contribution in [3.8, 4) is 0 Å². The summed E-state index contributed by atoms with van der Waals surface area (Å²) in [4.78, 5) is 33.5. The fourth-order valence-corrected chi connectivity index (χ4v) is 2.67. The van der Waals surface area contributed by atoms with Crippen LogP contribution in [0.15, 0.2) is 0 Å². The van der Waals surface area contributed by atoms with Crippen molar-refractivity contribution in [2.75, 3.05) is 64.4 Å². The van der Waals surface area contributed by atoms with Gasteiger partial charge in [0.1, 0.15) is 6.04 Å². The fraction of sp³-hybridized carbons (Fsp3) is 0.833. The maximum absolute atomic E-state index is 11.8. The maximum Gasteiger partial charge on any atom is 0.327 e. The summed E-state index contributed by atoms with van der Waals surface area (Å²) in [6.45, 7) is 5.77. The van der Waals surface area contributed by atoms with E-state index in [2.05, 4.69) is 12.2 Å². The summed E-state index contributed by atoms with van der Waals surface area (Å²) in [5.74, 6) is -2.08. The van der Waals surface area contributed by atoms with Gasteiger partial charge in [-0.15, -0.1) is 11.8 Å². The molecule has 0 heterocycles. The SMILES string of the molecule is CCCCOCCOCCOCCOCCC(=O)N[C@@H](CSCC(N)=O)C(=O)O. The first-order valence-electron chi connectivity index (χ1n) is 9.66. The van der Waals surface area contributed by atoms with Gasteiger partial charge < -0.3 is 35.1 Å². The lowest BCUT2D eigenvalue weighted by Crippen LogP contribution is -2.43. The van der Waals surface area contributed by atoms with Crippen LogP contribution < -0.4 is 11.1 Å². The zero-order chi connectivity index (χ0) is 21.7. The van der Waals surface area contributed by atoms with Crippen molar-refractivity contribution in [2.45, 2.75) is 32.2 Å². The highest BCUT2D eigenvalue weighted by molar-refractivity contribution is 8.00. The lowest BCUT2D eigenvalue weighted by molar-refractivity contribution is -0.141. The standard InChI is InChI=1S/C18H34N2O8S/c1-2-3-5-25-7-9-27-11-12-28-10-8-26-6-4-17(22)20-15(18(23)24)13-29-14-16(19)21/h15H,2-14H2,1H3,(H2,19,21)(H,20,22)(H,23,24)/t15-/m0/s1. The van der Waals surface area contributed by atoms with E-state index in [9.17, 15) is 14.4 Å². The summed E-state index contributed by atoms with van der Waals surface area (Å²) in [5, 5.41) is 11.5. The second-order valence-electron chi connectivity index (χ2n) is 5.99. The van der Waals surface area contributed by atoms with Crippen molar-refractivity contribution < 1.29 is 38.4 Å². The van der Waals surface area contributed by atoms with Crippen LogP contribution in [0.3, 0.4) is 0 Å². The van der Waals surface area contributed by atoms with Crippen LogP contribution in [0.1, 0.15) is 26.2 Å². The zero-order valence-electron chi connectivity index (χ0n) is 17.1. The Kier molecular flexibility index (Phi) is 18.9. The zero-order valence-corrected chi connectivity index (χ0v) is 17.9. The van der Waals surface area contributed by atoms with E-state index in [1.807, 2.05) is 0 Å². The first kappa shape index (κ1) is 27.6. The summed E-state index contributed by atoms with van der Waals surface area (Å²) in [5.41, 5.74) is 4.99. The van der Waals surface area contributed by atoms with Crippen molar-refractivity contribution in [3.63, 3.8) is 0 Å². The number of carboxylic acid groups (broad SMARTS) is 1. The molecule has 0 saturated carbocycles. The fourth-order valence-electron chi connectivity index (χ4n) is 1.89. The third-order valence-corrected chi connectivity index (χ3v) is 4.45. The molecule has 0 bridgehead atoms. The number of hydrogen-bond acceptors (Lipinski definition) is 8. The van der Waals surface area contributed by atoms with E-state index in [4.69, 9.17) is 29.8 Å². The van der Waals surface area contributed by atoms with Gasteiger partial charge in [-0.3, -0.25) is 9.59 Å². The molecule has 10 nitrogen and oxygen atoms in total. The van der Waals surface area contributed by atoms with Gasteiger partial charge in [0.05, 0.1) is 52.0 Å². The van der Waals surface area contributed by atoms with Crippen molar-refractivity contribution >= 4 is 29.5 Å². The van der Waals surface area contributed by atoms with Gasteiger partial charge in [-0.25, -0.2) is 4.79 Å². The molecule has 2 amide bonds. The molecule has 0 aromatic rings. The van der Waals surface area contributed by atoms with E-state index in [0.717, 1.165) is 31.2 Å². The van der Waals surface area contributed by atoms with Gasteiger partial charge in [-0.1, -0.05) is 13.3 Å². The molecule has 0 fully saturated rings. The van der Waals surface area contributed by atoms with Crippen LogP contribution in [0.25, 0.3) is 0 Å². The predicted octanol–water partition coefficient (Wildman–Crippen LogP) is 0.0309. The Bertz CT molecular complexity index is 454. The number of ether oxygens (including phenoxy) is 4. The Hall–Kier alpha value is -1.40. The molecule has 0 rings (SSSR count). The summed E-state index contributed by atoms with van der Waals surface area (Å²) in [6, 6.07) is -1.08. The molecule has 0 unspecified atom stereocenters. The van der Waals surface area contributed by atoms with Crippen LogP contribution in [0.2, 0.25) is 0 Å². The van der Waals surface area contributed by atoms with Crippen molar-refractivity contribution in [3.05, 3.63) is 0 Å².